The number of hydrogen-bond donors (Lipinski definition) is 1. The molecule has 2 aromatic rings. The molecule has 0 unspecified atom stereocenters. The molecule has 2 rings (SSSR count). The lowest BCUT2D eigenvalue weighted by Crippen LogP contribution is -2.08. The van der Waals surface area contributed by atoms with Crippen molar-refractivity contribution in [3.63, 3.8) is 0 Å². The maximum atomic E-state index is 11.3. The van der Waals surface area contributed by atoms with Gasteiger partial charge in [-0.3, -0.25) is 0 Å². The lowest BCUT2D eigenvalue weighted by Gasteiger charge is -2.07. The Morgan fingerprint density at radius 3 is 2.63 bits per heavy atom. The van der Waals surface area contributed by atoms with Crippen LogP contribution in [0.2, 0.25) is 0 Å². The summed E-state index contributed by atoms with van der Waals surface area (Å²) in [7, 11) is 0. The summed E-state index contributed by atoms with van der Waals surface area (Å²) in [6, 6.07) is 3.76. The number of nitrogens with zero attached hydrogens (tertiary/aromatic N) is 2. The molecule has 1 N–H and O–H groups in total. The lowest BCUT2D eigenvalue weighted by atomic mass is 10.2. The van der Waals surface area contributed by atoms with Gasteiger partial charge in [0.05, 0.1) is 11.4 Å². The van der Waals surface area contributed by atoms with E-state index < -0.39 is 5.97 Å². The minimum Gasteiger partial charge on any atom is -0.478 e. The Balaban J connectivity index is 2.26. The van der Waals surface area contributed by atoms with Gasteiger partial charge in [-0.25, -0.2) is 14.8 Å². The first-order valence-corrected chi connectivity index (χ1v) is 6.72. The minimum atomic E-state index is -1.00. The molecule has 0 radical (unpaired) electrons. The number of thioether (sulfide) groups is 1. The van der Waals surface area contributed by atoms with Crippen LogP contribution in [-0.2, 0) is 5.75 Å². The number of aromatic carboxylic acids is 1. The zero-order chi connectivity index (χ0) is 14.0. The van der Waals surface area contributed by atoms with Crippen LogP contribution < -0.4 is 0 Å². The van der Waals surface area contributed by atoms with E-state index in [2.05, 4.69) is 9.97 Å². The van der Waals surface area contributed by atoms with E-state index in [1.165, 1.54) is 11.8 Å². The first kappa shape index (κ1) is 13.6. The van der Waals surface area contributed by atoms with Crippen molar-refractivity contribution in [2.45, 2.75) is 31.6 Å². The number of aromatic nitrogens is 2. The number of furan rings is 1. The molecule has 0 atom stereocenters. The van der Waals surface area contributed by atoms with Gasteiger partial charge in [-0.1, -0.05) is 11.8 Å². The van der Waals surface area contributed by atoms with Crippen molar-refractivity contribution in [3.8, 4) is 0 Å². The zero-order valence-corrected chi connectivity index (χ0v) is 11.7. The summed E-state index contributed by atoms with van der Waals surface area (Å²) in [6.07, 6.45) is 0. The first-order chi connectivity index (χ1) is 8.97. The molecule has 2 heterocycles. The van der Waals surface area contributed by atoms with Crippen LogP contribution in [0.15, 0.2) is 21.6 Å². The molecule has 5 nitrogen and oxygen atoms in total. The Morgan fingerprint density at radius 2 is 2.05 bits per heavy atom. The molecule has 19 heavy (non-hydrogen) atoms. The quantitative estimate of drug-likeness (QED) is 0.684. The number of carbonyl (C=O) groups is 1. The predicted molar refractivity (Wildman–Crippen MR) is 71.5 cm³/mol. The Hall–Kier alpha value is -1.82. The van der Waals surface area contributed by atoms with Gasteiger partial charge < -0.3 is 9.52 Å². The van der Waals surface area contributed by atoms with Gasteiger partial charge in [0.15, 0.2) is 0 Å². The van der Waals surface area contributed by atoms with Gasteiger partial charge in [-0.15, -0.1) is 0 Å². The molecule has 0 bridgehead atoms. The summed E-state index contributed by atoms with van der Waals surface area (Å²) in [4.78, 5) is 19.5. The molecule has 6 heteroatoms. The average Bonchev–Trinajstić information content (AvgIpc) is 2.71. The van der Waals surface area contributed by atoms with Gasteiger partial charge in [0.1, 0.15) is 27.9 Å². The number of rotatable bonds is 4. The zero-order valence-electron chi connectivity index (χ0n) is 10.9. The Morgan fingerprint density at radius 1 is 1.32 bits per heavy atom. The Bertz CT molecular complexity index is 622. The SMILES string of the molecule is Cc1nc(C)c(C(=O)O)c(SCc2ccc(C)o2)n1. The van der Waals surface area contributed by atoms with E-state index in [-0.39, 0.29) is 5.56 Å². The third-order valence-corrected chi connectivity index (χ3v) is 3.53. The van der Waals surface area contributed by atoms with Crippen molar-refractivity contribution < 1.29 is 14.3 Å². The molecule has 0 aromatic carbocycles. The van der Waals surface area contributed by atoms with Crippen molar-refractivity contribution >= 4 is 17.7 Å². The monoisotopic (exact) mass is 278 g/mol. The molecule has 0 saturated heterocycles. The molecule has 0 fully saturated rings. The van der Waals surface area contributed by atoms with Crippen molar-refractivity contribution in [3.05, 3.63) is 40.7 Å². The summed E-state index contributed by atoms with van der Waals surface area (Å²) in [5.41, 5.74) is 0.650. The van der Waals surface area contributed by atoms with Crippen molar-refractivity contribution in [1.82, 2.24) is 9.97 Å². The fourth-order valence-corrected chi connectivity index (χ4v) is 2.74. The number of hydrogen-bond acceptors (Lipinski definition) is 5. The standard InChI is InChI=1S/C13H14N2O3S/c1-7-4-5-10(18-7)6-19-12-11(13(16)17)8(2)14-9(3)15-12/h4-5H,6H2,1-3H3,(H,16,17). The highest BCUT2D eigenvalue weighted by Gasteiger charge is 2.17. The molecule has 100 valence electrons. The van der Waals surface area contributed by atoms with E-state index in [4.69, 9.17) is 4.42 Å². The summed E-state index contributed by atoms with van der Waals surface area (Å²) >= 11 is 1.34. The van der Waals surface area contributed by atoms with E-state index in [9.17, 15) is 9.90 Å². The molecule has 0 spiro atoms. The maximum Gasteiger partial charge on any atom is 0.340 e. The van der Waals surface area contributed by atoms with E-state index in [0.29, 0.717) is 22.3 Å². The first-order valence-electron chi connectivity index (χ1n) is 5.74. The molecular formula is C13H14N2O3S. The van der Waals surface area contributed by atoms with Gasteiger partial charge in [0.2, 0.25) is 0 Å². The van der Waals surface area contributed by atoms with E-state index in [1.807, 2.05) is 19.1 Å². The van der Waals surface area contributed by atoms with Gasteiger partial charge >= 0.3 is 5.97 Å². The maximum absolute atomic E-state index is 11.3. The highest BCUT2D eigenvalue weighted by Crippen LogP contribution is 2.26. The van der Waals surface area contributed by atoms with Crippen LogP contribution in [0.5, 0.6) is 0 Å². The van der Waals surface area contributed by atoms with Crippen LogP contribution in [0.25, 0.3) is 0 Å². The largest absolute Gasteiger partial charge is 0.478 e. The molecule has 0 aliphatic heterocycles. The van der Waals surface area contributed by atoms with Crippen LogP contribution in [0.3, 0.4) is 0 Å². The second-order valence-corrected chi connectivity index (χ2v) is 5.11. The smallest absolute Gasteiger partial charge is 0.340 e. The van der Waals surface area contributed by atoms with Crippen molar-refractivity contribution in [2.24, 2.45) is 0 Å². The number of aryl methyl sites for hydroxylation is 3. The molecule has 0 amide bonds. The normalized spacial score (nSPS) is 10.7. The van der Waals surface area contributed by atoms with Crippen molar-refractivity contribution in [1.29, 1.82) is 0 Å². The second kappa shape index (κ2) is 5.44. The van der Waals surface area contributed by atoms with Gasteiger partial charge in [0, 0.05) is 0 Å². The number of carboxylic acid groups (broad SMARTS) is 1. The Kier molecular flexibility index (Phi) is 3.90. The Labute approximate surface area is 115 Å². The highest BCUT2D eigenvalue weighted by molar-refractivity contribution is 7.98. The van der Waals surface area contributed by atoms with E-state index >= 15 is 0 Å². The fraction of sp³-hybridized carbons (Fsp3) is 0.308. The van der Waals surface area contributed by atoms with Gasteiger partial charge in [-0.2, -0.15) is 0 Å². The summed E-state index contributed by atoms with van der Waals surface area (Å²) in [5.74, 6) is 1.75. The summed E-state index contributed by atoms with van der Waals surface area (Å²) < 4.78 is 5.45. The third kappa shape index (κ3) is 3.14. The molecule has 0 aliphatic carbocycles. The average molecular weight is 278 g/mol. The molecule has 2 aromatic heterocycles. The number of carboxylic acids is 1. The van der Waals surface area contributed by atoms with Crippen molar-refractivity contribution in [2.75, 3.05) is 0 Å². The van der Waals surface area contributed by atoms with E-state index in [1.54, 1.807) is 13.8 Å². The van der Waals surface area contributed by atoms with Gasteiger partial charge in [0.25, 0.3) is 0 Å². The summed E-state index contributed by atoms with van der Waals surface area (Å²) in [5, 5.41) is 9.70. The van der Waals surface area contributed by atoms with Gasteiger partial charge in [-0.05, 0) is 32.9 Å². The second-order valence-electron chi connectivity index (χ2n) is 4.14. The van der Waals surface area contributed by atoms with Crippen LogP contribution in [0, 0.1) is 20.8 Å². The minimum absolute atomic E-state index is 0.166. The van der Waals surface area contributed by atoms with E-state index in [0.717, 1.165) is 11.5 Å². The predicted octanol–water partition coefficient (Wildman–Crippen LogP) is 2.99. The van der Waals surface area contributed by atoms with Crippen LogP contribution in [0.4, 0.5) is 0 Å². The highest BCUT2D eigenvalue weighted by atomic mass is 32.2. The van der Waals surface area contributed by atoms with Crippen LogP contribution >= 0.6 is 11.8 Å². The van der Waals surface area contributed by atoms with Crippen LogP contribution in [0.1, 0.15) is 33.4 Å². The molecule has 0 aliphatic rings. The molecular weight excluding hydrogens is 264 g/mol. The fourth-order valence-electron chi connectivity index (χ4n) is 1.73. The van der Waals surface area contributed by atoms with Crippen LogP contribution in [-0.4, -0.2) is 21.0 Å². The topological polar surface area (TPSA) is 76.2 Å². The lowest BCUT2D eigenvalue weighted by molar-refractivity contribution is 0.0690. The third-order valence-electron chi connectivity index (χ3n) is 2.53. The summed E-state index contributed by atoms with van der Waals surface area (Å²) in [6.45, 7) is 5.30. The molecule has 0 saturated carbocycles.